The van der Waals surface area contributed by atoms with Crippen LogP contribution in [0.15, 0.2) is 41.3 Å². The molecule has 22 heavy (non-hydrogen) atoms. The van der Waals surface area contributed by atoms with Gasteiger partial charge in [-0.05, 0) is 49.7 Å². The monoisotopic (exact) mass is 317 g/mol. The van der Waals surface area contributed by atoms with Crippen molar-refractivity contribution in [2.75, 3.05) is 0 Å². The Bertz CT molecular complexity index is 733. The van der Waals surface area contributed by atoms with E-state index in [2.05, 4.69) is 18.2 Å². The summed E-state index contributed by atoms with van der Waals surface area (Å²) in [6.45, 7) is 1.73. The van der Waals surface area contributed by atoms with Crippen LogP contribution in [0.25, 0.3) is 0 Å². The molecule has 1 aromatic rings. The third-order valence-corrected chi connectivity index (χ3v) is 6.19. The molecule has 0 amide bonds. The maximum Gasteiger partial charge on any atom is 0.298 e. The van der Waals surface area contributed by atoms with E-state index in [0.717, 1.165) is 19.3 Å². The molecule has 5 heteroatoms. The van der Waals surface area contributed by atoms with Crippen molar-refractivity contribution < 1.29 is 12.6 Å². The lowest BCUT2D eigenvalue weighted by Gasteiger charge is -2.39. The van der Waals surface area contributed by atoms with Crippen molar-refractivity contribution in [2.24, 2.45) is 17.8 Å². The number of allylic oxidation sites excluding steroid dienone is 2. The Hall–Kier alpha value is -1.64. The lowest BCUT2D eigenvalue weighted by Crippen LogP contribution is -2.37. The molecule has 3 aliphatic carbocycles. The van der Waals surface area contributed by atoms with Gasteiger partial charge in [0.25, 0.3) is 10.1 Å². The van der Waals surface area contributed by atoms with Crippen molar-refractivity contribution >= 4 is 10.1 Å². The van der Waals surface area contributed by atoms with Crippen LogP contribution in [0.5, 0.6) is 0 Å². The fourth-order valence-electron chi connectivity index (χ4n) is 3.54. The van der Waals surface area contributed by atoms with E-state index in [1.807, 2.05) is 0 Å². The normalized spacial score (nSPS) is 28.3. The molecule has 3 aliphatic rings. The summed E-state index contributed by atoms with van der Waals surface area (Å²) in [5.74, 6) is 0.671. The molecule has 4 atom stereocenters. The van der Waals surface area contributed by atoms with Crippen LogP contribution in [0, 0.1) is 36.0 Å². The summed E-state index contributed by atoms with van der Waals surface area (Å²) >= 11 is 0. The van der Waals surface area contributed by atoms with Crippen LogP contribution < -0.4 is 0 Å². The molecule has 0 N–H and O–H groups in total. The summed E-state index contributed by atoms with van der Waals surface area (Å²) in [7, 11) is -3.92. The molecule has 0 saturated heterocycles. The Morgan fingerprint density at radius 2 is 2.05 bits per heavy atom. The quantitative estimate of drug-likeness (QED) is 0.632. The van der Waals surface area contributed by atoms with Crippen molar-refractivity contribution in [3.63, 3.8) is 0 Å². The third kappa shape index (κ3) is 2.81. The molecule has 0 aromatic heterocycles. The van der Waals surface area contributed by atoms with Gasteiger partial charge in [0.2, 0.25) is 0 Å². The Labute approximate surface area is 131 Å². The highest BCUT2D eigenvalue weighted by Crippen LogP contribution is 2.43. The summed E-state index contributed by atoms with van der Waals surface area (Å²) in [5, 5.41) is 9.42. The first kappa shape index (κ1) is 15.3. The van der Waals surface area contributed by atoms with E-state index < -0.39 is 16.2 Å². The van der Waals surface area contributed by atoms with Crippen molar-refractivity contribution in [3.8, 4) is 6.07 Å². The number of nitriles is 1. The molecule has 0 spiro atoms. The van der Waals surface area contributed by atoms with Gasteiger partial charge in [-0.2, -0.15) is 13.7 Å². The highest BCUT2D eigenvalue weighted by Gasteiger charge is 2.39. The zero-order valence-corrected chi connectivity index (χ0v) is 13.3. The first-order valence-corrected chi connectivity index (χ1v) is 8.99. The second-order valence-corrected chi connectivity index (χ2v) is 7.69. The Morgan fingerprint density at radius 1 is 1.27 bits per heavy atom. The topological polar surface area (TPSA) is 67.2 Å². The van der Waals surface area contributed by atoms with Gasteiger partial charge < -0.3 is 0 Å². The first-order chi connectivity index (χ1) is 10.5. The molecule has 1 aromatic carbocycles. The molecular formula is C17H19NO3S. The molecule has 0 aliphatic heterocycles. The van der Waals surface area contributed by atoms with E-state index in [1.165, 1.54) is 6.07 Å². The average Bonchev–Trinajstić information content (AvgIpc) is 2.54. The van der Waals surface area contributed by atoms with Crippen LogP contribution in [0.3, 0.4) is 0 Å². The molecule has 1 saturated carbocycles. The average molecular weight is 317 g/mol. The lowest BCUT2D eigenvalue weighted by molar-refractivity contribution is 0.104. The molecule has 0 heterocycles. The predicted molar refractivity (Wildman–Crippen MR) is 82.3 cm³/mol. The van der Waals surface area contributed by atoms with Crippen LogP contribution in [0.1, 0.15) is 24.8 Å². The third-order valence-electron chi connectivity index (χ3n) is 4.74. The number of aryl methyl sites for hydroxylation is 1. The van der Waals surface area contributed by atoms with E-state index >= 15 is 0 Å². The largest absolute Gasteiger partial charge is 0.298 e. The fraction of sp³-hybridized carbons (Fsp3) is 0.471. The minimum absolute atomic E-state index is 0.0347. The van der Waals surface area contributed by atoms with Crippen LogP contribution in [-0.4, -0.2) is 14.5 Å². The smallest absolute Gasteiger partial charge is 0.247 e. The Balaban J connectivity index is 1.83. The van der Waals surface area contributed by atoms with E-state index in [-0.39, 0.29) is 16.7 Å². The summed E-state index contributed by atoms with van der Waals surface area (Å²) < 4.78 is 30.3. The summed E-state index contributed by atoms with van der Waals surface area (Å²) in [5.41, 5.74) is 0.629. The molecule has 2 bridgehead atoms. The highest BCUT2D eigenvalue weighted by atomic mass is 32.2. The number of nitrogens with zero attached hydrogens (tertiary/aromatic N) is 1. The predicted octanol–water partition coefficient (Wildman–Crippen LogP) is 3.19. The zero-order valence-electron chi connectivity index (χ0n) is 12.5. The highest BCUT2D eigenvalue weighted by molar-refractivity contribution is 7.86. The van der Waals surface area contributed by atoms with Crippen LogP contribution in [0.4, 0.5) is 0 Å². The Kier molecular flexibility index (Phi) is 4.07. The molecule has 0 radical (unpaired) electrons. The van der Waals surface area contributed by atoms with Gasteiger partial charge >= 0.3 is 0 Å². The number of benzene rings is 1. The maximum absolute atomic E-state index is 12.5. The van der Waals surface area contributed by atoms with Gasteiger partial charge in [0, 0.05) is 5.92 Å². The standard InChI is InChI=1S/C17H19NO3S/c1-12-4-2-3-5-17(12)22(19,20)21-16(11-18)15-10-13-6-8-14(15)9-7-13/h2-6,8,13-16H,7,9-10H2,1H3. The van der Waals surface area contributed by atoms with Gasteiger partial charge in [-0.15, -0.1) is 0 Å². The van der Waals surface area contributed by atoms with Crippen molar-refractivity contribution in [1.29, 1.82) is 5.26 Å². The van der Waals surface area contributed by atoms with Gasteiger partial charge in [-0.25, -0.2) is 4.18 Å². The molecule has 1 fully saturated rings. The van der Waals surface area contributed by atoms with Crippen LogP contribution >= 0.6 is 0 Å². The fourth-order valence-corrected chi connectivity index (χ4v) is 4.81. The van der Waals surface area contributed by atoms with Gasteiger partial charge in [0.15, 0.2) is 6.10 Å². The lowest BCUT2D eigenvalue weighted by atomic mass is 9.67. The molecule has 4 rings (SSSR count). The molecular weight excluding hydrogens is 298 g/mol. The maximum atomic E-state index is 12.5. The van der Waals surface area contributed by atoms with E-state index in [1.54, 1.807) is 25.1 Å². The van der Waals surface area contributed by atoms with Crippen molar-refractivity contribution in [2.45, 2.75) is 37.2 Å². The number of hydrogen-bond donors (Lipinski definition) is 0. The zero-order chi connectivity index (χ0) is 15.7. The number of rotatable bonds is 4. The number of fused-ring (bicyclic) bond motifs is 2. The van der Waals surface area contributed by atoms with Gasteiger partial charge in [-0.1, -0.05) is 30.4 Å². The SMILES string of the molecule is Cc1ccccc1S(=O)(=O)OC(C#N)C1CC2C=CC1CC2. The molecule has 4 unspecified atom stereocenters. The second-order valence-electron chi connectivity index (χ2n) is 6.15. The molecule has 4 nitrogen and oxygen atoms in total. The Morgan fingerprint density at radius 3 is 2.59 bits per heavy atom. The van der Waals surface area contributed by atoms with Crippen molar-refractivity contribution in [3.05, 3.63) is 42.0 Å². The van der Waals surface area contributed by atoms with E-state index in [0.29, 0.717) is 11.5 Å². The van der Waals surface area contributed by atoms with Crippen molar-refractivity contribution in [1.82, 2.24) is 0 Å². The van der Waals surface area contributed by atoms with E-state index in [9.17, 15) is 13.7 Å². The second kappa shape index (κ2) is 5.86. The van der Waals surface area contributed by atoms with Gasteiger partial charge in [0.05, 0.1) is 11.0 Å². The number of hydrogen-bond acceptors (Lipinski definition) is 4. The minimum atomic E-state index is -3.92. The summed E-state index contributed by atoms with van der Waals surface area (Å²) in [6.07, 6.45) is 6.37. The van der Waals surface area contributed by atoms with Gasteiger partial charge in [-0.3, -0.25) is 0 Å². The molecule has 116 valence electrons. The minimum Gasteiger partial charge on any atom is -0.247 e. The van der Waals surface area contributed by atoms with Crippen LogP contribution in [-0.2, 0) is 14.3 Å². The summed E-state index contributed by atoms with van der Waals surface area (Å²) in [6, 6.07) is 8.75. The first-order valence-electron chi connectivity index (χ1n) is 7.58. The van der Waals surface area contributed by atoms with Crippen LogP contribution in [0.2, 0.25) is 0 Å². The van der Waals surface area contributed by atoms with E-state index in [4.69, 9.17) is 4.18 Å². The van der Waals surface area contributed by atoms with Gasteiger partial charge in [0.1, 0.15) is 0 Å². The summed E-state index contributed by atoms with van der Waals surface area (Å²) in [4.78, 5) is 0.145.